The van der Waals surface area contributed by atoms with Crippen LogP contribution < -0.4 is 10.9 Å². The number of fused-ring (bicyclic) bond motifs is 1. The van der Waals surface area contributed by atoms with E-state index in [4.69, 9.17) is 8.94 Å². The number of nitrogens with one attached hydrogen (secondary N) is 1. The van der Waals surface area contributed by atoms with Gasteiger partial charge in [-0.1, -0.05) is 23.4 Å². The number of carbonyl (C=O) groups excluding carboxylic acids is 1. The smallest absolute Gasteiger partial charge is 0.259 e. The lowest BCUT2D eigenvalue weighted by molar-refractivity contribution is -0.121. The molecule has 0 bridgehead atoms. The fourth-order valence-electron chi connectivity index (χ4n) is 3.42. The SMILES string of the molecule is O=C(Cn1c(=O)cc(-c2nc(-c3ccncc3)no2)c2ccccc21)NCc1ccco1. The maximum Gasteiger partial charge on any atom is 0.259 e. The Hall–Kier alpha value is -4.53. The standard InChI is InChI=1S/C23H17N5O4/c29-20(25-13-16-4-3-11-31-16)14-28-19-6-2-1-5-17(19)18(12-21(28)30)23-26-22(27-32-23)15-7-9-24-10-8-15/h1-12H,13-14H2,(H,25,29). The molecule has 0 unspecified atom stereocenters. The molecule has 0 saturated carbocycles. The highest BCUT2D eigenvalue weighted by atomic mass is 16.5. The van der Waals surface area contributed by atoms with Crippen LogP contribution in [0.15, 0.2) is 87.0 Å². The van der Waals surface area contributed by atoms with Crippen molar-refractivity contribution in [3.8, 4) is 22.8 Å². The van der Waals surface area contributed by atoms with Crippen molar-refractivity contribution in [2.24, 2.45) is 0 Å². The zero-order chi connectivity index (χ0) is 21.9. The third-order valence-electron chi connectivity index (χ3n) is 4.96. The second kappa shape index (κ2) is 8.31. The minimum absolute atomic E-state index is 0.133. The van der Waals surface area contributed by atoms with E-state index < -0.39 is 0 Å². The first-order chi connectivity index (χ1) is 15.7. The van der Waals surface area contributed by atoms with Crippen LogP contribution in [0.25, 0.3) is 33.7 Å². The predicted molar refractivity (Wildman–Crippen MR) is 115 cm³/mol. The molecule has 32 heavy (non-hydrogen) atoms. The van der Waals surface area contributed by atoms with Crippen molar-refractivity contribution in [1.82, 2.24) is 25.0 Å². The molecule has 1 N–H and O–H groups in total. The number of benzene rings is 1. The maximum absolute atomic E-state index is 12.9. The normalized spacial score (nSPS) is 11.0. The number of rotatable bonds is 6. The topological polar surface area (TPSA) is 116 Å². The molecule has 9 nitrogen and oxygen atoms in total. The number of amides is 1. The van der Waals surface area contributed by atoms with Gasteiger partial charge < -0.3 is 14.3 Å². The van der Waals surface area contributed by atoms with E-state index in [0.29, 0.717) is 22.7 Å². The minimum Gasteiger partial charge on any atom is -0.467 e. The summed E-state index contributed by atoms with van der Waals surface area (Å²) in [6.45, 7) is 0.114. The van der Waals surface area contributed by atoms with Gasteiger partial charge in [-0.3, -0.25) is 19.1 Å². The molecule has 0 aliphatic rings. The molecule has 158 valence electrons. The average Bonchev–Trinajstić information content (AvgIpc) is 3.52. The van der Waals surface area contributed by atoms with Crippen LogP contribution >= 0.6 is 0 Å². The maximum atomic E-state index is 12.9. The third kappa shape index (κ3) is 3.79. The minimum atomic E-state index is -0.351. The number of furan rings is 1. The van der Waals surface area contributed by atoms with Gasteiger partial charge in [-0.2, -0.15) is 4.98 Å². The molecule has 0 aliphatic heterocycles. The first kappa shape index (κ1) is 19.4. The van der Waals surface area contributed by atoms with E-state index in [0.717, 1.165) is 10.9 Å². The van der Waals surface area contributed by atoms with Crippen molar-refractivity contribution in [1.29, 1.82) is 0 Å². The molecule has 0 atom stereocenters. The van der Waals surface area contributed by atoms with Crippen LogP contribution in [0.4, 0.5) is 0 Å². The molecule has 0 radical (unpaired) electrons. The van der Waals surface area contributed by atoms with Crippen LogP contribution in [-0.2, 0) is 17.9 Å². The molecular formula is C23H17N5O4. The summed E-state index contributed by atoms with van der Waals surface area (Å²) in [5.41, 5.74) is 1.49. The second-order valence-electron chi connectivity index (χ2n) is 7.01. The van der Waals surface area contributed by atoms with Gasteiger partial charge in [0.15, 0.2) is 0 Å². The lowest BCUT2D eigenvalue weighted by atomic mass is 10.1. The van der Waals surface area contributed by atoms with Gasteiger partial charge in [0, 0.05) is 29.4 Å². The van der Waals surface area contributed by atoms with Gasteiger partial charge in [0.05, 0.1) is 23.9 Å². The van der Waals surface area contributed by atoms with Crippen molar-refractivity contribution < 1.29 is 13.7 Å². The van der Waals surface area contributed by atoms with E-state index in [1.165, 1.54) is 16.9 Å². The molecule has 1 amide bonds. The zero-order valence-electron chi connectivity index (χ0n) is 16.8. The van der Waals surface area contributed by atoms with Crippen LogP contribution in [0.1, 0.15) is 5.76 Å². The largest absolute Gasteiger partial charge is 0.467 e. The molecule has 0 fully saturated rings. The summed E-state index contributed by atoms with van der Waals surface area (Å²) in [6.07, 6.45) is 4.81. The number of hydrogen-bond donors (Lipinski definition) is 1. The van der Waals surface area contributed by atoms with Gasteiger partial charge in [0.2, 0.25) is 11.7 Å². The van der Waals surface area contributed by atoms with Gasteiger partial charge in [0.1, 0.15) is 12.3 Å². The van der Waals surface area contributed by atoms with E-state index in [1.807, 2.05) is 12.1 Å². The highest BCUT2D eigenvalue weighted by Crippen LogP contribution is 2.27. The third-order valence-corrected chi connectivity index (χ3v) is 4.96. The van der Waals surface area contributed by atoms with Crippen LogP contribution in [0.3, 0.4) is 0 Å². The van der Waals surface area contributed by atoms with Gasteiger partial charge in [-0.25, -0.2) is 0 Å². The van der Waals surface area contributed by atoms with Gasteiger partial charge in [-0.15, -0.1) is 0 Å². The van der Waals surface area contributed by atoms with Crippen molar-refractivity contribution in [3.05, 3.63) is 89.4 Å². The Morgan fingerprint density at radius 3 is 2.72 bits per heavy atom. The highest BCUT2D eigenvalue weighted by Gasteiger charge is 2.17. The average molecular weight is 427 g/mol. The fraction of sp³-hybridized carbons (Fsp3) is 0.0870. The summed E-state index contributed by atoms with van der Waals surface area (Å²) in [6, 6.07) is 15.7. The second-order valence-corrected chi connectivity index (χ2v) is 7.01. The first-order valence-corrected chi connectivity index (χ1v) is 9.85. The van der Waals surface area contributed by atoms with Crippen molar-refractivity contribution >= 4 is 16.8 Å². The summed E-state index contributed by atoms with van der Waals surface area (Å²) < 4.78 is 12.1. The van der Waals surface area contributed by atoms with Crippen molar-refractivity contribution in [2.75, 3.05) is 0 Å². The molecule has 4 aromatic heterocycles. The molecule has 0 aliphatic carbocycles. The number of nitrogens with zero attached hydrogens (tertiary/aromatic N) is 4. The summed E-state index contributed by atoms with van der Waals surface area (Å²) in [5.74, 6) is 0.943. The van der Waals surface area contributed by atoms with Crippen molar-refractivity contribution in [3.63, 3.8) is 0 Å². The summed E-state index contributed by atoms with van der Waals surface area (Å²) >= 11 is 0. The quantitative estimate of drug-likeness (QED) is 0.443. The van der Waals surface area contributed by atoms with Crippen molar-refractivity contribution in [2.45, 2.75) is 13.1 Å². The molecule has 9 heteroatoms. The molecule has 0 spiro atoms. The Balaban J connectivity index is 1.48. The van der Waals surface area contributed by atoms with E-state index in [9.17, 15) is 9.59 Å². The first-order valence-electron chi connectivity index (χ1n) is 9.85. The number of carbonyl (C=O) groups is 1. The molecule has 5 rings (SSSR count). The number of pyridine rings is 2. The predicted octanol–water partition coefficient (Wildman–Crippen LogP) is 3.02. The molecule has 4 heterocycles. The summed E-state index contributed by atoms with van der Waals surface area (Å²) in [7, 11) is 0. The van der Waals surface area contributed by atoms with Gasteiger partial charge in [-0.05, 0) is 30.3 Å². The van der Waals surface area contributed by atoms with E-state index >= 15 is 0 Å². The Morgan fingerprint density at radius 2 is 1.91 bits per heavy atom. The lowest BCUT2D eigenvalue weighted by Crippen LogP contribution is -2.32. The molecule has 1 aromatic carbocycles. The monoisotopic (exact) mass is 427 g/mol. The Morgan fingerprint density at radius 1 is 1.06 bits per heavy atom. The Labute approximate surface area is 181 Å². The Bertz CT molecular complexity index is 1440. The number of para-hydroxylation sites is 1. The van der Waals surface area contributed by atoms with E-state index in [1.54, 1.807) is 48.8 Å². The van der Waals surface area contributed by atoms with E-state index in [2.05, 4.69) is 20.4 Å². The van der Waals surface area contributed by atoms with E-state index in [-0.39, 0.29) is 30.4 Å². The summed E-state index contributed by atoms with van der Waals surface area (Å²) in [5, 5.41) is 7.50. The number of aromatic nitrogens is 4. The number of hydrogen-bond acceptors (Lipinski definition) is 7. The van der Waals surface area contributed by atoms with Crippen LogP contribution in [0, 0.1) is 0 Å². The van der Waals surface area contributed by atoms with Gasteiger partial charge >= 0.3 is 0 Å². The molecule has 0 saturated heterocycles. The van der Waals surface area contributed by atoms with Crippen LogP contribution in [0.2, 0.25) is 0 Å². The fourth-order valence-corrected chi connectivity index (χ4v) is 3.42. The van der Waals surface area contributed by atoms with Crippen LogP contribution in [0.5, 0.6) is 0 Å². The lowest BCUT2D eigenvalue weighted by Gasteiger charge is -2.12. The van der Waals surface area contributed by atoms with Gasteiger partial charge in [0.25, 0.3) is 11.4 Å². The summed E-state index contributed by atoms with van der Waals surface area (Å²) in [4.78, 5) is 33.8. The zero-order valence-corrected chi connectivity index (χ0v) is 16.8. The molecule has 5 aromatic rings. The molecular weight excluding hydrogens is 410 g/mol. The van der Waals surface area contributed by atoms with Crippen LogP contribution in [-0.4, -0.2) is 25.6 Å². The highest BCUT2D eigenvalue weighted by molar-refractivity contribution is 5.93. The Kier molecular flexibility index (Phi) is 5.04.